The molecule has 1 aromatic heterocycles. The molecular weight excluding hydrogens is 264 g/mol. The van der Waals surface area contributed by atoms with E-state index in [1.165, 1.54) is 4.90 Å². The number of benzene rings is 1. The summed E-state index contributed by atoms with van der Waals surface area (Å²) < 4.78 is 5.48. The quantitative estimate of drug-likeness (QED) is 0.786. The zero-order valence-corrected chi connectivity index (χ0v) is 9.80. The summed E-state index contributed by atoms with van der Waals surface area (Å²) in [6.45, 7) is 0. The van der Waals surface area contributed by atoms with Gasteiger partial charge in [0.2, 0.25) is 4.73 Å². The normalized spacial score (nSPS) is 10.4. The highest BCUT2D eigenvalue weighted by Crippen LogP contribution is 2.22. The Hall–Kier alpha value is -0.810. The van der Waals surface area contributed by atoms with Crippen LogP contribution < -0.4 is 0 Å². The van der Waals surface area contributed by atoms with Gasteiger partial charge in [-0.15, -0.1) is 11.8 Å². The summed E-state index contributed by atoms with van der Waals surface area (Å²) in [7, 11) is 0. The SMILES string of the molecule is CSc1ccc(-c2nc(Br)no2)cc1. The molecule has 0 radical (unpaired) electrons. The second-order valence-corrected chi connectivity index (χ2v) is 4.19. The molecule has 72 valence electrons. The molecule has 0 fully saturated rings. The van der Waals surface area contributed by atoms with Gasteiger partial charge in [0, 0.05) is 10.5 Å². The molecular formula is C9H7BrN2OS. The van der Waals surface area contributed by atoms with Gasteiger partial charge in [-0.05, 0) is 51.6 Å². The first-order chi connectivity index (χ1) is 6.79. The topological polar surface area (TPSA) is 38.9 Å². The fourth-order valence-electron chi connectivity index (χ4n) is 1.06. The van der Waals surface area contributed by atoms with E-state index in [1.807, 2.05) is 30.5 Å². The van der Waals surface area contributed by atoms with E-state index in [-0.39, 0.29) is 0 Å². The van der Waals surface area contributed by atoms with Crippen LogP contribution in [-0.4, -0.2) is 16.4 Å². The van der Waals surface area contributed by atoms with E-state index < -0.39 is 0 Å². The molecule has 0 saturated carbocycles. The third-order valence-electron chi connectivity index (χ3n) is 1.74. The molecule has 0 saturated heterocycles. The molecule has 0 atom stereocenters. The molecule has 0 amide bonds. The van der Waals surface area contributed by atoms with Crippen molar-refractivity contribution in [3.63, 3.8) is 0 Å². The predicted octanol–water partition coefficient (Wildman–Crippen LogP) is 3.22. The Kier molecular flexibility index (Phi) is 2.88. The molecule has 1 aromatic carbocycles. The van der Waals surface area contributed by atoms with Crippen LogP contribution in [0.5, 0.6) is 0 Å². The highest BCUT2D eigenvalue weighted by Gasteiger charge is 2.05. The van der Waals surface area contributed by atoms with E-state index in [4.69, 9.17) is 4.52 Å². The Bertz CT molecular complexity index is 427. The van der Waals surface area contributed by atoms with Crippen molar-refractivity contribution in [3.05, 3.63) is 29.0 Å². The minimum absolute atomic E-state index is 0.474. The second-order valence-electron chi connectivity index (χ2n) is 2.60. The van der Waals surface area contributed by atoms with Gasteiger partial charge in [0.05, 0.1) is 0 Å². The minimum atomic E-state index is 0.474. The van der Waals surface area contributed by atoms with Gasteiger partial charge in [-0.2, -0.15) is 4.98 Å². The monoisotopic (exact) mass is 270 g/mol. The molecule has 2 rings (SSSR count). The predicted molar refractivity (Wildman–Crippen MR) is 59.2 cm³/mol. The van der Waals surface area contributed by atoms with Crippen LogP contribution in [0.1, 0.15) is 0 Å². The van der Waals surface area contributed by atoms with Crippen LogP contribution in [0.2, 0.25) is 0 Å². The lowest BCUT2D eigenvalue weighted by atomic mass is 10.2. The minimum Gasteiger partial charge on any atom is -0.333 e. The molecule has 0 aliphatic rings. The van der Waals surface area contributed by atoms with Gasteiger partial charge in [-0.25, -0.2) is 0 Å². The van der Waals surface area contributed by atoms with Crippen molar-refractivity contribution < 1.29 is 4.52 Å². The summed E-state index contributed by atoms with van der Waals surface area (Å²) in [6.07, 6.45) is 2.04. The number of halogens is 1. The fraction of sp³-hybridized carbons (Fsp3) is 0.111. The zero-order valence-electron chi connectivity index (χ0n) is 7.40. The fourth-order valence-corrected chi connectivity index (χ4v) is 1.70. The summed E-state index contributed by atoms with van der Waals surface area (Å²) in [5.74, 6) is 0.532. The van der Waals surface area contributed by atoms with Crippen molar-refractivity contribution in [2.75, 3.05) is 6.26 Å². The average molecular weight is 271 g/mol. The Balaban J connectivity index is 2.33. The van der Waals surface area contributed by atoms with Crippen LogP contribution >= 0.6 is 27.7 Å². The van der Waals surface area contributed by atoms with Crippen LogP contribution in [0, 0.1) is 0 Å². The lowest BCUT2D eigenvalue weighted by Gasteiger charge is -1.96. The van der Waals surface area contributed by atoms with Crippen LogP contribution in [0.15, 0.2) is 38.4 Å². The number of hydrogen-bond acceptors (Lipinski definition) is 4. The first-order valence-electron chi connectivity index (χ1n) is 3.93. The Morgan fingerprint density at radius 2 is 2.00 bits per heavy atom. The summed E-state index contributed by atoms with van der Waals surface area (Å²) in [5, 5.41) is 3.66. The highest BCUT2D eigenvalue weighted by atomic mass is 79.9. The van der Waals surface area contributed by atoms with E-state index in [2.05, 4.69) is 26.1 Å². The molecule has 14 heavy (non-hydrogen) atoms. The number of hydrogen-bond donors (Lipinski definition) is 0. The lowest BCUT2D eigenvalue weighted by Crippen LogP contribution is -1.77. The van der Waals surface area contributed by atoms with Gasteiger partial charge >= 0.3 is 0 Å². The maximum atomic E-state index is 5.01. The van der Waals surface area contributed by atoms with Crippen molar-refractivity contribution in [2.45, 2.75) is 4.90 Å². The number of aromatic nitrogens is 2. The van der Waals surface area contributed by atoms with Crippen molar-refractivity contribution in [2.24, 2.45) is 0 Å². The lowest BCUT2D eigenvalue weighted by molar-refractivity contribution is 0.426. The van der Waals surface area contributed by atoms with Crippen molar-refractivity contribution in [1.29, 1.82) is 0 Å². The molecule has 0 unspecified atom stereocenters. The molecule has 0 aliphatic heterocycles. The maximum absolute atomic E-state index is 5.01. The molecule has 0 N–H and O–H groups in total. The van der Waals surface area contributed by atoms with Gasteiger partial charge in [0.1, 0.15) is 0 Å². The van der Waals surface area contributed by atoms with Crippen LogP contribution in [-0.2, 0) is 0 Å². The van der Waals surface area contributed by atoms with Gasteiger partial charge in [0.25, 0.3) is 5.89 Å². The number of nitrogens with zero attached hydrogens (tertiary/aromatic N) is 2. The Labute approximate surface area is 94.0 Å². The Morgan fingerprint density at radius 1 is 1.29 bits per heavy atom. The average Bonchev–Trinajstić information content (AvgIpc) is 2.65. The molecule has 0 aliphatic carbocycles. The molecule has 2 aromatic rings. The van der Waals surface area contributed by atoms with Gasteiger partial charge in [-0.1, -0.05) is 0 Å². The first-order valence-corrected chi connectivity index (χ1v) is 5.95. The summed E-state index contributed by atoms with van der Waals surface area (Å²) in [6, 6.07) is 7.98. The van der Waals surface area contributed by atoms with E-state index >= 15 is 0 Å². The largest absolute Gasteiger partial charge is 0.333 e. The van der Waals surface area contributed by atoms with Crippen LogP contribution in [0.3, 0.4) is 0 Å². The third-order valence-corrected chi connectivity index (χ3v) is 2.80. The molecule has 0 spiro atoms. The number of thioether (sulfide) groups is 1. The second kappa shape index (κ2) is 4.14. The maximum Gasteiger partial charge on any atom is 0.258 e. The first kappa shape index (κ1) is 9.73. The number of rotatable bonds is 2. The summed E-state index contributed by atoms with van der Waals surface area (Å²) in [4.78, 5) is 5.28. The van der Waals surface area contributed by atoms with Crippen LogP contribution in [0.25, 0.3) is 11.5 Å². The molecule has 5 heteroatoms. The Morgan fingerprint density at radius 3 is 2.50 bits per heavy atom. The summed E-state index contributed by atoms with van der Waals surface area (Å²) in [5.41, 5.74) is 0.931. The zero-order chi connectivity index (χ0) is 9.97. The molecule has 3 nitrogen and oxygen atoms in total. The van der Waals surface area contributed by atoms with E-state index in [9.17, 15) is 0 Å². The van der Waals surface area contributed by atoms with E-state index in [1.54, 1.807) is 11.8 Å². The van der Waals surface area contributed by atoms with Crippen molar-refractivity contribution in [3.8, 4) is 11.5 Å². The third kappa shape index (κ3) is 1.99. The van der Waals surface area contributed by atoms with Crippen molar-refractivity contribution >= 4 is 27.7 Å². The smallest absolute Gasteiger partial charge is 0.258 e. The van der Waals surface area contributed by atoms with Gasteiger partial charge in [-0.3, -0.25) is 0 Å². The summed E-state index contributed by atoms with van der Waals surface area (Å²) >= 11 is 4.84. The molecule has 1 heterocycles. The van der Waals surface area contributed by atoms with E-state index in [0.717, 1.165) is 5.56 Å². The van der Waals surface area contributed by atoms with Gasteiger partial charge in [0.15, 0.2) is 0 Å². The van der Waals surface area contributed by atoms with Crippen molar-refractivity contribution in [1.82, 2.24) is 10.1 Å². The highest BCUT2D eigenvalue weighted by molar-refractivity contribution is 9.10. The standard InChI is InChI=1S/C9H7BrN2OS/c1-14-7-4-2-6(3-5-7)8-11-9(10)12-13-8/h2-5H,1H3. The van der Waals surface area contributed by atoms with Crippen LogP contribution in [0.4, 0.5) is 0 Å². The molecule has 0 bridgehead atoms. The van der Waals surface area contributed by atoms with E-state index in [0.29, 0.717) is 10.6 Å². The van der Waals surface area contributed by atoms with Gasteiger partial charge < -0.3 is 4.52 Å².